The van der Waals surface area contributed by atoms with Crippen LogP contribution in [-0.4, -0.2) is 37.3 Å². The molecule has 10 heteroatoms. The third-order valence-electron chi connectivity index (χ3n) is 6.13. The number of hydrogen-bond acceptors (Lipinski definition) is 9. The highest BCUT2D eigenvalue weighted by atomic mass is 32.1. The SMILES string of the molecule is CCCCOc1ccc(/C=c2/sc3n(c2=O)[C@H](c2ccc(OC(C)=O)c(OC)c2)C(C(=O)OC)=C(C)N=3)cc1. The minimum atomic E-state index is -0.828. The first kappa shape index (κ1) is 27.8. The van der Waals surface area contributed by atoms with Gasteiger partial charge in [0.2, 0.25) is 0 Å². The van der Waals surface area contributed by atoms with Crippen molar-refractivity contribution in [2.45, 2.75) is 39.7 Å². The zero-order valence-corrected chi connectivity index (χ0v) is 23.3. The Morgan fingerprint density at radius 3 is 2.49 bits per heavy atom. The highest BCUT2D eigenvalue weighted by Gasteiger charge is 2.33. The molecule has 0 unspecified atom stereocenters. The van der Waals surface area contributed by atoms with Gasteiger partial charge in [0.25, 0.3) is 5.56 Å². The standard InChI is InChI=1S/C29H30N2O7S/c1-6-7-14-37-21-11-8-19(9-12-21)15-24-27(33)31-26(25(28(34)36-5)17(2)30-29(31)39-24)20-10-13-22(38-18(3)32)23(16-20)35-4/h8-13,15-16,26H,6-7,14H2,1-5H3/b24-15+/t26-/m1/s1. The largest absolute Gasteiger partial charge is 0.494 e. The summed E-state index contributed by atoms with van der Waals surface area (Å²) in [6.07, 6.45) is 3.83. The molecule has 0 aliphatic carbocycles. The Morgan fingerprint density at radius 1 is 1.10 bits per heavy atom. The lowest BCUT2D eigenvalue weighted by atomic mass is 9.95. The van der Waals surface area contributed by atoms with Gasteiger partial charge in [-0.3, -0.25) is 14.2 Å². The molecule has 2 aromatic carbocycles. The zero-order valence-electron chi connectivity index (χ0n) is 22.5. The molecule has 0 amide bonds. The van der Waals surface area contributed by atoms with E-state index in [1.54, 1.807) is 31.2 Å². The summed E-state index contributed by atoms with van der Waals surface area (Å²) in [4.78, 5) is 43.2. The van der Waals surface area contributed by atoms with Crippen LogP contribution in [0.4, 0.5) is 0 Å². The number of aromatic nitrogens is 1. The fourth-order valence-electron chi connectivity index (χ4n) is 4.25. The van der Waals surface area contributed by atoms with Crippen molar-refractivity contribution >= 4 is 29.4 Å². The minimum Gasteiger partial charge on any atom is -0.494 e. The quantitative estimate of drug-likeness (QED) is 0.228. The first-order valence-electron chi connectivity index (χ1n) is 12.5. The molecule has 0 fully saturated rings. The molecule has 1 aliphatic rings. The van der Waals surface area contributed by atoms with Gasteiger partial charge in [0.05, 0.1) is 42.7 Å². The molecule has 0 saturated carbocycles. The Kier molecular flexibility index (Phi) is 8.65. The predicted molar refractivity (Wildman–Crippen MR) is 147 cm³/mol. The normalized spacial score (nSPS) is 14.9. The van der Waals surface area contributed by atoms with Gasteiger partial charge in [-0.15, -0.1) is 0 Å². The van der Waals surface area contributed by atoms with Crippen molar-refractivity contribution in [1.82, 2.24) is 4.57 Å². The number of unbranched alkanes of at least 4 members (excludes halogenated alkanes) is 1. The molecule has 3 aromatic rings. The van der Waals surface area contributed by atoms with Gasteiger partial charge in [-0.25, -0.2) is 9.79 Å². The number of hydrogen-bond donors (Lipinski definition) is 0. The molecule has 204 valence electrons. The molecule has 0 radical (unpaired) electrons. The van der Waals surface area contributed by atoms with Gasteiger partial charge in [0.15, 0.2) is 16.3 Å². The van der Waals surface area contributed by atoms with Crippen LogP contribution < -0.4 is 29.1 Å². The molecule has 0 N–H and O–H groups in total. The lowest BCUT2D eigenvalue weighted by Gasteiger charge is -2.25. The van der Waals surface area contributed by atoms with Gasteiger partial charge in [-0.05, 0) is 54.8 Å². The van der Waals surface area contributed by atoms with Crippen molar-refractivity contribution in [2.75, 3.05) is 20.8 Å². The number of rotatable bonds is 9. The number of benzene rings is 2. The topological polar surface area (TPSA) is 105 Å². The van der Waals surface area contributed by atoms with Crippen molar-refractivity contribution in [1.29, 1.82) is 0 Å². The number of ether oxygens (including phenoxy) is 4. The summed E-state index contributed by atoms with van der Waals surface area (Å²) < 4.78 is 23.4. The van der Waals surface area contributed by atoms with E-state index in [0.29, 0.717) is 27.2 Å². The van der Waals surface area contributed by atoms with Crippen molar-refractivity contribution in [3.8, 4) is 17.2 Å². The molecule has 2 heterocycles. The van der Waals surface area contributed by atoms with Crippen molar-refractivity contribution < 1.29 is 28.5 Å². The smallest absolute Gasteiger partial charge is 0.338 e. The Bertz CT molecular complexity index is 1600. The van der Waals surface area contributed by atoms with Crippen LogP contribution in [0.3, 0.4) is 0 Å². The molecule has 0 bridgehead atoms. The van der Waals surface area contributed by atoms with Crippen molar-refractivity contribution in [3.05, 3.63) is 84.5 Å². The summed E-state index contributed by atoms with van der Waals surface area (Å²) >= 11 is 1.23. The Balaban J connectivity index is 1.82. The first-order valence-corrected chi connectivity index (χ1v) is 13.3. The van der Waals surface area contributed by atoms with Crippen LogP contribution in [0.25, 0.3) is 6.08 Å². The molecular weight excluding hydrogens is 520 g/mol. The second-order valence-corrected chi connectivity index (χ2v) is 9.86. The molecule has 1 aliphatic heterocycles. The Hall–Kier alpha value is -4.18. The summed E-state index contributed by atoms with van der Waals surface area (Å²) in [5.74, 6) is 0.179. The first-order chi connectivity index (χ1) is 18.8. The van der Waals surface area contributed by atoms with Crippen LogP contribution in [0.15, 0.2) is 63.5 Å². The molecule has 0 saturated heterocycles. The van der Waals surface area contributed by atoms with E-state index in [1.165, 1.54) is 37.0 Å². The predicted octanol–water partition coefficient (Wildman–Crippen LogP) is 3.52. The number of thiazole rings is 1. The van der Waals surface area contributed by atoms with Gasteiger partial charge < -0.3 is 18.9 Å². The average molecular weight is 551 g/mol. The van der Waals surface area contributed by atoms with E-state index in [1.807, 2.05) is 24.3 Å². The lowest BCUT2D eigenvalue weighted by molar-refractivity contribution is -0.136. The fourth-order valence-corrected chi connectivity index (χ4v) is 5.29. The van der Waals surface area contributed by atoms with E-state index in [9.17, 15) is 14.4 Å². The average Bonchev–Trinajstić information content (AvgIpc) is 3.22. The summed E-state index contributed by atoms with van der Waals surface area (Å²) in [7, 11) is 2.73. The second-order valence-electron chi connectivity index (χ2n) is 8.85. The molecule has 4 rings (SSSR count). The zero-order chi connectivity index (χ0) is 28.1. The van der Waals surface area contributed by atoms with E-state index in [-0.39, 0.29) is 22.6 Å². The van der Waals surface area contributed by atoms with Crippen LogP contribution >= 0.6 is 11.3 Å². The van der Waals surface area contributed by atoms with Gasteiger partial charge in [0.1, 0.15) is 5.75 Å². The number of carbonyl (C=O) groups is 2. The summed E-state index contributed by atoms with van der Waals surface area (Å²) in [6, 6.07) is 11.6. The third kappa shape index (κ3) is 5.96. The van der Waals surface area contributed by atoms with Crippen LogP contribution in [0.2, 0.25) is 0 Å². The number of esters is 2. The molecule has 1 atom stereocenters. The molecular formula is C29H30N2O7S. The van der Waals surface area contributed by atoms with Crippen LogP contribution in [0.5, 0.6) is 17.2 Å². The number of nitrogens with zero attached hydrogens (tertiary/aromatic N) is 2. The summed E-state index contributed by atoms with van der Waals surface area (Å²) in [5.41, 5.74) is 1.77. The molecule has 0 spiro atoms. The monoisotopic (exact) mass is 550 g/mol. The van der Waals surface area contributed by atoms with E-state index in [0.717, 1.165) is 24.2 Å². The summed E-state index contributed by atoms with van der Waals surface area (Å²) in [5, 5.41) is 0. The van der Waals surface area contributed by atoms with E-state index in [2.05, 4.69) is 11.9 Å². The number of methoxy groups -OCH3 is 2. The highest BCUT2D eigenvalue weighted by Crippen LogP contribution is 2.36. The van der Waals surface area contributed by atoms with E-state index >= 15 is 0 Å². The maximum absolute atomic E-state index is 13.8. The van der Waals surface area contributed by atoms with Gasteiger partial charge in [-0.2, -0.15) is 0 Å². The number of carbonyl (C=O) groups excluding carboxylic acids is 2. The Morgan fingerprint density at radius 2 is 1.85 bits per heavy atom. The maximum Gasteiger partial charge on any atom is 0.338 e. The van der Waals surface area contributed by atoms with Crippen molar-refractivity contribution in [2.24, 2.45) is 4.99 Å². The van der Waals surface area contributed by atoms with E-state index in [4.69, 9.17) is 18.9 Å². The third-order valence-corrected chi connectivity index (χ3v) is 7.11. The van der Waals surface area contributed by atoms with Crippen LogP contribution in [-0.2, 0) is 14.3 Å². The highest BCUT2D eigenvalue weighted by molar-refractivity contribution is 7.07. The molecule has 1 aromatic heterocycles. The van der Waals surface area contributed by atoms with Crippen LogP contribution in [0.1, 0.15) is 50.8 Å². The van der Waals surface area contributed by atoms with Gasteiger partial charge in [-0.1, -0.05) is 42.9 Å². The Labute approximate surface area is 229 Å². The van der Waals surface area contributed by atoms with Gasteiger partial charge in [0, 0.05) is 6.92 Å². The summed E-state index contributed by atoms with van der Waals surface area (Å²) in [6.45, 7) is 5.76. The fraction of sp³-hybridized carbons (Fsp3) is 0.310. The van der Waals surface area contributed by atoms with Crippen LogP contribution in [0, 0.1) is 0 Å². The maximum atomic E-state index is 13.8. The molecule has 9 nitrogen and oxygen atoms in total. The minimum absolute atomic E-state index is 0.226. The number of fused-ring (bicyclic) bond motifs is 1. The van der Waals surface area contributed by atoms with E-state index < -0.39 is 18.0 Å². The lowest BCUT2D eigenvalue weighted by Crippen LogP contribution is -2.39. The number of allylic oxidation sites excluding steroid dienone is 1. The van der Waals surface area contributed by atoms with Gasteiger partial charge >= 0.3 is 11.9 Å². The molecule has 39 heavy (non-hydrogen) atoms. The second kappa shape index (κ2) is 12.1. The van der Waals surface area contributed by atoms with Crippen molar-refractivity contribution in [3.63, 3.8) is 0 Å².